The molecule has 0 aliphatic carbocycles. The van der Waals surface area contributed by atoms with Crippen molar-refractivity contribution in [3.8, 4) is 0 Å². The number of benzene rings is 1. The third-order valence-electron chi connectivity index (χ3n) is 4.49. The molecule has 0 radical (unpaired) electrons. The fourth-order valence-corrected chi connectivity index (χ4v) is 4.19. The minimum atomic E-state index is -0.581. The second kappa shape index (κ2) is 9.05. The molecular weight excluding hydrogens is 459 g/mol. The maximum absolute atomic E-state index is 12.1. The van der Waals surface area contributed by atoms with Crippen LogP contribution in [0, 0.1) is 6.92 Å². The molecule has 0 fully saturated rings. The van der Waals surface area contributed by atoms with Gasteiger partial charge in [-0.2, -0.15) is 5.10 Å². The number of ether oxygens (including phenoxy) is 1. The van der Waals surface area contributed by atoms with Crippen LogP contribution in [-0.2, 0) is 22.7 Å². The summed E-state index contributed by atoms with van der Waals surface area (Å²) >= 11 is 14.0. The smallest absolute Gasteiger partial charge is 0.331 e. The zero-order chi connectivity index (χ0) is 22.0. The molecule has 158 valence electrons. The van der Waals surface area contributed by atoms with Crippen LogP contribution in [0.3, 0.4) is 0 Å². The zero-order valence-electron chi connectivity index (χ0n) is 16.3. The Morgan fingerprint density at radius 3 is 2.90 bits per heavy atom. The van der Waals surface area contributed by atoms with Gasteiger partial charge >= 0.3 is 5.97 Å². The summed E-state index contributed by atoms with van der Waals surface area (Å²) in [5, 5.41) is 7.21. The van der Waals surface area contributed by atoms with Gasteiger partial charge in [-0.05, 0) is 24.6 Å². The number of hydrogen-bond acceptors (Lipinski definition) is 6. The number of aromatic nitrogens is 4. The lowest BCUT2D eigenvalue weighted by molar-refractivity contribution is -0.139. The van der Waals surface area contributed by atoms with Gasteiger partial charge in [-0.1, -0.05) is 41.4 Å². The quantitative estimate of drug-likeness (QED) is 0.306. The monoisotopic (exact) mass is 474 g/mol. The van der Waals surface area contributed by atoms with Crippen molar-refractivity contribution >= 4 is 51.5 Å². The molecule has 1 aromatic carbocycles. The van der Waals surface area contributed by atoms with Crippen LogP contribution < -0.4 is 5.56 Å². The topological polar surface area (TPSA) is 78.5 Å². The summed E-state index contributed by atoms with van der Waals surface area (Å²) in [4.78, 5) is 29.0. The van der Waals surface area contributed by atoms with E-state index in [0.29, 0.717) is 38.6 Å². The summed E-state index contributed by atoms with van der Waals surface area (Å²) in [7, 11) is 0. The highest BCUT2D eigenvalue weighted by molar-refractivity contribution is 7.15. The second-order valence-electron chi connectivity index (χ2n) is 6.62. The van der Waals surface area contributed by atoms with E-state index in [4.69, 9.17) is 27.9 Å². The molecule has 3 aromatic heterocycles. The number of fused-ring (bicyclic) bond motifs is 1. The third kappa shape index (κ3) is 4.71. The predicted molar refractivity (Wildman–Crippen MR) is 121 cm³/mol. The molecule has 4 rings (SSSR count). The predicted octanol–water partition coefficient (Wildman–Crippen LogP) is 4.37. The number of thiazole rings is 1. The van der Waals surface area contributed by atoms with Crippen LogP contribution in [0.25, 0.3) is 11.0 Å². The van der Waals surface area contributed by atoms with Gasteiger partial charge in [-0.25, -0.2) is 14.5 Å². The van der Waals surface area contributed by atoms with Crippen molar-refractivity contribution in [3.63, 3.8) is 0 Å². The molecule has 7 nitrogen and oxygen atoms in total. The van der Waals surface area contributed by atoms with Gasteiger partial charge in [0.25, 0.3) is 5.56 Å². The third-order valence-corrected chi connectivity index (χ3v) is 6.02. The SMILES string of the molecule is Cc1nn(Cc2ccccc2Cl)c(Cl)c1C=CC(=O)OCc1cc(=O)n2ccsc2n1. The van der Waals surface area contributed by atoms with Crippen LogP contribution in [0.1, 0.15) is 22.5 Å². The number of hydrogen-bond donors (Lipinski definition) is 0. The molecule has 0 atom stereocenters. The van der Waals surface area contributed by atoms with Gasteiger partial charge in [-0.15, -0.1) is 11.3 Å². The molecule has 3 heterocycles. The summed E-state index contributed by atoms with van der Waals surface area (Å²) in [6.07, 6.45) is 4.47. The molecule has 31 heavy (non-hydrogen) atoms. The lowest BCUT2D eigenvalue weighted by Gasteiger charge is -2.05. The van der Waals surface area contributed by atoms with Crippen molar-refractivity contribution < 1.29 is 9.53 Å². The van der Waals surface area contributed by atoms with Gasteiger partial charge in [0.15, 0.2) is 4.96 Å². The highest BCUT2D eigenvalue weighted by atomic mass is 35.5. The first kappa shape index (κ1) is 21.3. The summed E-state index contributed by atoms with van der Waals surface area (Å²) in [5.74, 6) is -0.581. The lowest BCUT2D eigenvalue weighted by Crippen LogP contribution is -2.14. The van der Waals surface area contributed by atoms with Gasteiger partial charge < -0.3 is 4.74 Å². The van der Waals surface area contributed by atoms with Crippen molar-refractivity contribution in [2.75, 3.05) is 0 Å². The van der Waals surface area contributed by atoms with Crippen molar-refractivity contribution in [1.29, 1.82) is 0 Å². The zero-order valence-corrected chi connectivity index (χ0v) is 18.6. The lowest BCUT2D eigenvalue weighted by atomic mass is 10.2. The molecule has 0 N–H and O–H groups in total. The standard InChI is InChI=1S/C21H16Cl2N4O3S/c1-13-16(20(23)27(25-13)11-14-4-2-3-5-17(14)22)6-7-19(29)30-12-15-10-18(28)26-8-9-31-21(26)24-15/h2-10H,11-12H2,1H3. The first-order chi connectivity index (χ1) is 14.9. The maximum Gasteiger partial charge on any atom is 0.331 e. The van der Waals surface area contributed by atoms with Gasteiger partial charge in [0.2, 0.25) is 0 Å². The van der Waals surface area contributed by atoms with Gasteiger partial charge in [-0.3, -0.25) is 9.20 Å². The van der Waals surface area contributed by atoms with Crippen molar-refractivity contribution in [1.82, 2.24) is 19.2 Å². The summed E-state index contributed by atoms with van der Waals surface area (Å²) in [6.45, 7) is 2.10. The largest absolute Gasteiger partial charge is 0.456 e. The summed E-state index contributed by atoms with van der Waals surface area (Å²) in [6, 6.07) is 8.79. The number of carbonyl (C=O) groups excluding carboxylic acids is 1. The van der Waals surface area contributed by atoms with Crippen molar-refractivity contribution in [2.24, 2.45) is 0 Å². The molecule has 0 saturated carbocycles. The van der Waals surface area contributed by atoms with E-state index < -0.39 is 5.97 Å². The van der Waals surface area contributed by atoms with Crippen LogP contribution in [-0.4, -0.2) is 25.1 Å². The summed E-state index contributed by atoms with van der Waals surface area (Å²) < 4.78 is 8.26. The average Bonchev–Trinajstić information content (AvgIpc) is 3.32. The van der Waals surface area contributed by atoms with Gasteiger partial charge in [0, 0.05) is 34.3 Å². The minimum absolute atomic E-state index is 0.106. The Balaban J connectivity index is 1.44. The fourth-order valence-electron chi connectivity index (χ4n) is 2.96. The van der Waals surface area contributed by atoms with Crippen LogP contribution >= 0.6 is 34.5 Å². The van der Waals surface area contributed by atoms with Gasteiger partial charge in [0.05, 0.1) is 17.9 Å². The molecule has 10 heteroatoms. The molecule has 0 aliphatic rings. The van der Waals surface area contributed by atoms with E-state index in [-0.39, 0.29) is 12.2 Å². The molecule has 0 amide bonds. The van der Waals surface area contributed by atoms with E-state index in [1.165, 1.54) is 27.9 Å². The number of aryl methyl sites for hydroxylation is 1. The second-order valence-corrected chi connectivity index (χ2v) is 8.26. The molecule has 0 bridgehead atoms. The van der Waals surface area contributed by atoms with Crippen LogP contribution in [0.15, 0.2) is 52.8 Å². The molecular formula is C21H16Cl2N4O3S. The normalized spacial score (nSPS) is 11.5. The Labute approximate surface area is 191 Å². The Morgan fingerprint density at radius 2 is 2.10 bits per heavy atom. The number of esters is 1. The highest BCUT2D eigenvalue weighted by Gasteiger charge is 2.13. The van der Waals surface area contributed by atoms with E-state index in [9.17, 15) is 9.59 Å². The molecule has 0 spiro atoms. The summed E-state index contributed by atoms with van der Waals surface area (Å²) in [5.41, 5.74) is 2.33. The number of carbonyl (C=O) groups is 1. The van der Waals surface area contributed by atoms with Crippen LogP contribution in [0.5, 0.6) is 0 Å². The van der Waals surface area contributed by atoms with Crippen LogP contribution in [0.4, 0.5) is 0 Å². The van der Waals surface area contributed by atoms with E-state index in [1.807, 2.05) is 18.2 Å². The minimum Gasteiger partial charge on any atom is -0.456 e. The van der Waals surface area contributed by atoms with Crippen molar-refractivity contribution in [3.05, 3.63) is 91.0 Å². The number of nitrogens with zero attached hydrogens (tertiary/aromatic N) is 4. The average molecular weight is 475 g/mol. The van der Waals surface area contributed by atoms with Crippen LogP contribution in [0.2, 0.25) is 10.2 Å². The Kier molecular flexibility index (Phi) is 6.22. The fraction of sp³-hybridized carbons (Fsp3) is 0.143. The van der Waals surface area contributed by atoms with E-state index in [0.717, 1.165) is 5.56 Å². The van der Waals surface area contributed by atoms with E-state index >= 15 is 0 Å². The molecule has 0 saturated heterocycles. The first-order valence-corrected chi connectivity index (χ1v) is 10.8. The molecule has 0 unspecified atom stereocenters. The first-order valence-electron chi connectivity index (χ1n) is 9.19. The Bertz CT molecular complexity index is 1360. The highest BCUT2D eigenvalue weighted by Crippen LogP contribution is 2.24. The van der Waals surface area contributed by atoms with E-state index in [1.54, 1.807) is 35.3 Å². The molecule has 4 aromatic rings. The number of halogens is 2. The van der Waals surface area contributed by atoms with E-state index in [2.05, 4.69) is 10.1 Å². The number of rotatable bonds is 6. The Hall–Kier alpha value is -2.94. The molecule has 0 aliphatic heterocycles. The van der Waals surface area contributed by atoms with Gasteiger partial charge in [0.1, 0.15) is 11.8 Å². The maximum atomic E-state index is 12.1. The Morgan fingerprint density at radius 1 is 1.29 bits per heavy atom. The van der Waals surface area contributed by atoms with Crippen molar-refractivity contribution in [2.45, 2.75) is 20.1 Å².